The topological polar surface area (TPSA) is 103 Å². The zero-order chi connectivity index (χ0) is 24.2. The number of thiophene rings is 2. The van der Waals surface area contributed by atoms with E-state index < -0.39 is 5.91 Å². The van der Waals surface area contributed by atoms with E-state index in [1.165, 1.54) is 16.9 Å². The number of aromatic hydroxyl groups is 1. The Labute approximate surface area is 205 Å². The lowest BCUT2D eigenvalue weighted by Gasteiger charge is -2.26. The second-order valence-electron chi connectivity index (χ2n) is 7.97. The fourth-order valence-corrected chi connectivity index (χ4v) is 5.19. The first-order chi connectivity index (χ1) is 16.3. The zero-order valence-corrected chi connectivity index (χ0v) is 20.8. The number of amides is 2. The van der Waals surface area contributed by atoms with Crippen LogP contribution >= 0.6 is 22.7 Å². The molecule has 34 heavy (non-hydrogen) atoms. The number of aryl methyl sites for hydroxylation is 2. The van der Waals surface area contributed by atoms with Gasteiger partial charge in [0.2, 0.25) is 0 Å². The fraction of sp³-hybridized carbons (Fsp3) is 0.292. The molecule has 10 heteroatoms. The summed E-state index contributed by atoms with van der Waals surface area (Å²) in [5.41, 5.74) is 9.68. The number of hydrazine groups is 1. The summed E-state index contributed by atoms with van der Waals surface area (Å²) in [7, 11) is 0. The van der Waals surface area contributed by atoms with Crippen molar-refractivity contribution in [3.05, 3.63) is 62.2 Å². The molecule has 1 aromatic carbocycles. The minimum Gasteiger partial charge on any atom is -0.506 e. The average molecular weight is 499 g/mol. The highest BCUT2D eigenvalue weighted by Crippen LogP contribution is 2.39. The van der Waals surface area contributed by atoms with E-state index in [-0.39, 0.29) is 11.7 Å². The molecule has 0 unspecified atom stereocenters. The summed E-state index contributed by atoms with van der Waals surface area (Å²) in [5, 5.41) is 18.6. The number of morpholine rings is 1. The van der Waals surface area contributed by atoms with E-state index in [9.17, 15) is 14.7 Å². The van der Waals surface area contributed by atoms with E-state index in [1.54, 1.807) is 24.1 Å². The third kappa shape index (κ3) is 5.36. The maximum atomic E-state index is 12.6. The van der Waals surface area contributed by atoms with E-state index in [0.717, 1.165) is 27.3 Å². The predicted octanol–water partition coefficient (Wildman–Crippen LogP) is 3.93. The molecular weight excluding hydrogens is 472 g/mol. The number of carbonyl (C=O) groups excluding carboxylic acids is 2. The van der Waals surface area contributed by atoms with Crippen molar-refractivity contribution < 1.29 is 19.4 Å². The molecule has 3 N–H and O–H groups in total. The van der Waals surface area contributed by atoms with Gasteiger partial charge in [0.05, 0.1) is 39.1 Å². The van der Waals surface area contributed by atoms with Gasteiger partial charge in [-0.15, -0.1) is 22.7 Å². The molecular formula is C24H26N4O4S2. The van der Waals surface area contributed by atoms with Crippen molar-refractivity contribution in [2.24, 2.45) is 5.10 Å². The molecule has 178 valence electrons. The molecule has 2 aromatic heterocycles. The number of hydrogen-bond acceptors (Lipinski definition) is 8. The number of rotatable bonds is 6. The van der Waals surface area contributed by atoms with Crippen LogP contribution in [0.2, 0.25) is 0 Å². The Kier molecular flexibility index (Phi) is 7.42. The number of hydrazone groups is 1. The van der Waals surface area contributed by atoms with E-state index in [0.29, 0.717) is 47.3 Å². The maximum absolute atomic E-state index is 12.6. The molecule has 0 bridgehead atoms. The molecule has 8 nitrogen and oxygen atoms in total. The summed E-state index contributed by atoms with van der Waals surface area (Å²) in [5.74, 6) is -0.534. The quantitative estimate of drug-likeness (QED) is 0.353. The van der Waals surface area contributed by atoms with Crippen molar-refractivity contribution in [3.8, 4) is 16.2 Å². The molecule has 3 aromatic rings. The van der Waals surface area contributed by atoms with E-state index in [1.807, 2.05) is 37.4 Å². The lowest BCUT2D eigenvalue weighted by atomic mass is 10.0. The summed E-state index contributed by atoms with van der Waals surface area (Å²) < 4.78 is 5.27. The van der Waals surface area contributed by atoms with Crippen LogP contribution in [0.15, 0.2) is 40.8 Å². The van der Waals surface area contributed by atoms with Gasteiger partial charge in [-0.05, 0) is 49.6 Å². The van der Waals surface area contributed by atoms with Crippen molar-refractivity contribution in [1.29, 1.82) is 0 Å². The van der Waals surface area contributed by atoms with Gasteiger partial charge in [0, 0.05) is 18.5 Å². The molecule has 0 atom stereocenters. The van der Waals surface area contributed by atoms with Crippen molar-refractivity contribution in [3.63, 3.8) is 0 Å². The molecule has 1 aliphatic heterocycles. The molecule has 0 spiro atoms. The normalized spacial score (nSPS) is 14.7. The van der Waals surface area contributed by atoms with Crippen LogP contribution in [-0.4, -0.2) is 53.9 Å². The fourth-order valence-electron chi connectivity index (χ4n) is 3.40. The number of hydrogen-bond donors (Lipinski definition) is 3. The molecule has 2 amide bonds. The predicted molar refractivity (Wildman–Crippen MR) is 135 cm³/mol. The lowest BCUT2D eigenvalue weighted by molar-refractivity contribution is 0.0127. The second kappa shape index (κ2) is 10.5. The van der Waals surface area contributed by atoms with Gasteiger partial charge in [-0.25, -0.2) is 10.4 Å². The van der Waals surface area contributed by atoms with E-state index in [4.69, 9.17) is 4.74 Å². The molecule has 1 aliphatic rings. The molecule has 0 aliphatic carbocycles. The largest absolute Gasteiger partial charge is 0.506 e. The van der Waals surface area contributed by atoms with Gasteiger partial charge in [-0.1, -0.05) is 18.2 Å². The van der Waals surface area contributed by atoms with Gasteiger partial charge in [0.1, 0.15) is 5.75 Å². The van der Waals surface area contributed by atoms with E-state index in [2.05, 4.69) is 16.0 Å². The third-order valence-electron chi connectivity index (χ3n) is 5.57. The van der Waals surface area contributed by atoms with Crippen LogP contribution in [0.3, 0.4) is 0 Å². The first-order valence-electron chi connectivity index (χ1n) is 10.8. The van der Waals surface area contributed by atoms with Gasteiger partial charge in [0.25, 0.3) is 11.8 Å². The van der Waals surface area contributed by atoms with Crippen LogP contribution in [0.25, 0.3) is 10.4 Å². The van der Waals surface area contributed by atoms with Crippen LogP contribution in [0.1, 0.15) is 43.0 Å². The smallest absolute Gasteiger partial charge is 0.281 e. The standard InChI is InChI=1S/C24H26N4O4S2/c1-14-4-5-17(12-15(14)2)22-21(29)18(13-33-22)16(3)25-26-23(30)19-6-7-20(34-19)24(31)27-28-8-10-32-11-9-28/h4-7,12-13,29H,8-11H2,1-3H3,(H,26,30)(H,27,31)/b25-16+. The van der Waals surface area contributed by atoms with Crippen molar-refractivity contribution in [1.82, 2.24) is 15.9 Å². The zero-order valence-electron chi connectivity index (χ0n) is 19.2. The van der Waals surface area contributed by atoms with Gasteiger partial charge in [0.15, 0.2) is 0 Å². The highest BCUT2D eigenvalue weighted by molar-refractivity contribution is 7.16. The highest BCUT2D eigenvalue weighted by Gasteiger charge is 2.19. The Morgan fingerprint density at radius 3 is 2.47 bits per heavy atom. The van der Waals surface area contributed by atoms with Crippen LogP contribution in [0.4, 0.5) is 0 Å². The first-order valence-corrected chi connectivity index (χ1v) is 12.5. The number of carbonyl (C=O) groups is 2. The number of benzene rings is 1. The van der Waals surface area contributed by atoms with Gasteiger partial charge >= 0.3 is 0 Å². The number of nitrogens with one attached hydrogen (secondary N) is 2. The Hall–Kier alpha value is -3.05. The third-order valence-corrected chi connectivity index (χ3v) is 7.67. The molecule has 3 heterocycles. The van der Waals surface area contributed by atoms with Crippen molar-refractivity contribution >= 4 is 40.2 Å². The van der Waals surface area contributed by atoms with Crippen LogP contribution in [0.5, 0.6) is 5.75 Å². The van der Waals surface area contributed by atoms with E-state index >= 15 is 0 Å². The van der Waals surface area contributed by atoms with Gasteiger partial charge in [-0.3, -0.25) is 15.0 Å². The molecule has 0 radical (unpaired) electrons. The minimum atomic E-state index is -0.418. The van der Waals surface area contributed by atoms with Gasteiger partial charge < -0.3 is 9.84 Å². The molecule has 4 rings (SSSR count). The first kappa shape index (κ1) is 24.1. The molecule has 1 fully saturated rings. The SMILES string of the molecule is C/C(=N\NC(=O)c1ccc(C(=O)NN2CCOCC2)s1)c1csc(-c2ccc(C)c(C)c2)c1O. The summed E-state index contributed by atoms with van der Waals surface area (Å²) >= 11 is 2.52. The van der Waals surface area contributed by atoms with Crippen LogP contribution in [-0.2, 0) is 4.74 Å². The lowest BCUT2D eigenvalue weighted by Crippen LogP contribution is -2.48. The Balaban J connectivity index is 1.41. The Morgan fingerprint density at radius 1 is 1.06 bits per heavy atom. The van der Waals surface area contributed by atoms with Crippen LogP contribution in [0, 0.1) is 13.8 Å². The van der Waals surface area contributed by atoms with Crippen molar-refractivity contribution in [2.45, 2.75) is 20.8 Å². The second-order valence-corrected chi connectivity index (χ2v) is 9.93. The highest BCUT2D eigenvalue weighted by atomic mass is 32.1. The number of ether oxygens (including phenoxy) is 1. The Bertz CT molecular complexity index is 1240. The molecule has 0 saturated carbocycles. The summed E-state index contributed by atoms with van der Waals surface area (Å²) in [6.45, 7) is 8.20. The number of nitrogens with zero attached hydrogens (tertiary/aromatic N) is 2. The summed E-state index contributed by atoms with van der Waals surface area (Å²) in [6, 6.07) is 9.27. The summed E-state index contributed by atoms with van der Waals surface area (Å²) in [6.07, 6.45) is 0. The maximum Gasteiger partial charge on any atom is 0.281 e. The molecule has 1 saturated heterocycles. The monoisotopic (exact) mass is 498 g/mol. The van der Waals surface area contributed by atoms with Crippen molar-refractivity contribution in [2.75, 3.05) is 26.3 Å². The minimum absolute atomic E-state index is 0.141. The average Bonchev–Trinajstić information content (AvgIpc) is 3.47. The summed E-state index contributed by atoms with van der Waals surface area (Å²) in [4.78, 5) is 26.6. The Morgan fingerprint density at radius 2 is 1.76 bits per heavy atom. The van der Waals surface area contributed by atoms with Crippen LogP contribution < -0.4 is 10.9 Å². The van der Waals surface area contributed by atoms with Gasteiger partial charge in [-0.2, -0.15) is 5.10 Å².